The molecule has 24 heavy (non-hydrogen) atoms. The highest BCUT2D eigenvalue weighted by molar-refractivity contribution is 5.83. The van der Waals surface area contributed by atoms with Gasteiger partial charge in [-0.15, -0.1) is 0 Å². The summed E-state index contributed by atoms with van der Waals surface area (Å²) in [5.41, 5.74) is -0.158. The second-order valence-corrected chi connectivity index (χ2v) is 8.75. The Labute approximate surface area is 151 Å². The van der Waals surface area contributed by atoms with E-state index in [9.17, 15) is 4.79 Å². The van der Waals surface area contributed by atoms with E-state index in [-0.39, 0.29) is 5.41 Å². The van der Waals surface area contributed by atoms with Gasteiger partial charge in [0.05, 0.1) is 12.2 Å². The third kappa shape index (κ3) is 10.5. The summed E-state index contributed by atoms with van der Waals surface area (Å²) in [6.07, 6.45) is 18.9. The van der Waals surface area contributed by atoms with Gasteiger partial charge in [-0.3, -0.25) is 4.79 Å². The average Bonchev–Trinajstić information content (AvgIpc) is 3.27. The van der Waals surface area contributed by atoms with Crippen molar-refractivity contribution in [2.45, 2.75) is 130 Å². The number of rotatable bonds is 15. The van der Waals surface area contributed by atoms with E-state index in [0.29, 0.717) is 18.0 Å². The Kier molecular flexibility index (Phi) is 10.9. The highest BCUT2D eigenvalue weighted by atomic mass is 16.6. The number of carbonyl (C=O) groups excluding carboxylic acids is 1. The molecule has 1 rings (SSSR count). The minimum atomic E-state index is -0.158. The van der Waals surface area contributed by atoms with Crippen molar-refractivity contribution >= 4 is 5.78 Å². The van der Waals surface area contributed by atoms with Crippen molar-refractivity contribution in [1.29, 1.82) is 0 Å². The fourth-order valence-electron chi connectivity index (χ4n) is 3.35. The molecule has 0 spiro atoms. The Hall–Kier alpha value is -0.370. The molecule has 2 atom stereocenters. The maximum atomic E-state index is 11.8. The van der Waals surface area contributed by atoms with E-state index in [2.05, 4.69) is 6.92 Å². The molecule has 0 bridgehead atoms. The molecule has 0 amide bonds. The molecule has 0 radical (unpaired) electrons. The first kappa shape index (κ1) is 21.7. The van der Waals surface area contributed by atoms with Crippen LogP contribution >= 0.6 is 0 Å². The zero-order valence-electron chi connectivity index (χ0n) is 16.9. The van der Waals surface area contributed by atoms with Crippen LogP contribution in [0.1, 0.15) is 118 Å². The molecule has 0 aromatic heterocycles. The van der Waals surface area contributed by atoms with Gasteiger partial charge in [0.1, 0.15) is 5.78 Å². The fourth-order valence-corrected chi connectivity index (χ4v) is 3.35. The Morgan fingerprint density at radius 2 is 1.21 bits per heavy atom. The number of hydrogen-bond donors (Lipinski definition) is 0. The summed E-state index contributed by atoms with van der Waals surface area (Å²) >= 11 is 0. The minimum absolute atomic E-state index is 0.158. The van der Waals surface area contributed by atoms with E-state index in [1.54, 1.807) is 0 Å². The van der Waals surface area contributed by atoms with Crippen molar-refractivity contribution in [2.75, 3.05) is 0 Å². The van der Waals surface area contributed by atoms with Gasteiger partial charge in [0.2, 0.25) is 0 Å². The van der Waals surface area contributed by atoms with Gasteiger partial charge in [0.25, 0.3) is 0 Å². The number of Topliss-reactive ketones (excluding diaryl/α,β-unsaturated/α-hetero) is 1. The molecule has 142 valence electrons. The normalized spacial score (nSPS) is 20.3. The summed E-state index contributed by atoms with van der Waals surface area (Å²) in [7, 11) is 0. The van der Waals surface area contributed by atoms with Crippen molar-refractivity contribution in [1.82, 2.24) is 0 Å². The zero-order chi connectivity index (χ0) is 17.8. The summed E-state index contributed by atoms with van der Waals surface area (Å²) in [5.74, 6) is 0.409. The number of hydrogen-bond acceptors (Lipinski definition) is 2. The van der Waals surface area contributed by atoms with Crippen LogP contribution in [0.15, 0.2) is 0 Å². The predicted molar refractivity (Wildman–Crippen MR) is 103 cm³/mol. The first-order valence-electron chi connectivity index (χ1n) is 10.6. The predicted octanol–water partition coefficient (Wildman–Crippen LogP) is 6.85. The van der Waals surface area contributed by atoms with Crippen LogP contribution in [0, 0.1) is 5.41 Å². The average molecular weight is 339 g/mol. The lowest BCUT2D eigenvalue weighted by Gasteiger charge is -2.16. The summed E-state index contributed by atoms with van der Waals surface area (Å²) in [6.45, 7) is 8.33. The van der Waals surface area contributed by atoms with Crippen LogP contribution in [0.2, 0.25) is 0 Å². The number of carbonyl (C=O) groups is 1. The van der Waals surface area contributed by atoms with Crippen LogP contribution in [-0.4, -0.2) is 18.0 Å². The Morgan fingerprint density at radius 3 is 1.71 bits per heavy atom. The highest BCUT2D eigenvalue weighted by Crippen LogP contribution is 2.32. The third-order valence-electron chi connectivity index (χ3n) is 5.26. The Balaban J connectivity index is 1.82. The monoisotopic (exact) mass is 338 g/mol. The summed E-state index contributed by atoms with van der Waals surface area (Å²) < 4.78 is 5.80. The SMILES string of the molecule is CCCCCCCCC1OC1CCCCCCCC(=O)C(C)(C)C. The van der Waals surface area contributed by atoms with Crippen LogP contribution in [0.5, 0.6) is 0 Å². The van der Waals surface area contributed by atoms with Crippen LogP contribution in [0.3, 0.4) is 0 Å². The van der Waals surface area contributed by atoms with E-state index < -0.39 is 0 Å². The van der Waals surface area contributed by atoms with Gasteiger partial charge in [-0.25, -0.2) is 0 Å². The molecule has 1 saturated heterocycles. The van der Waals surface area contributed by atoms with Crippen molar-refractivity contribution < 1.29 is 9.53 Å². The van der Waals surface area contributed by atoms with Gasteiger partial charge in [-0.2, -0.15) is 0 Å². The first-order valence-corrected chi connectivity index (χ1v) is 10.6. The molecule has 1 fully saturated rings. The van der Waals surface area contributed by atoms with E-state index in [1.165, 1.54) is 77.0 Å². The second-order valence-electron chi connectivity index (χ2n) is 8.75. The van der Waals surface area contributed by atoms with Crippen LogP contribution in [0.4, 0.5) is 0 Å². The topological polar surface area (TPSA) is 29.6 Å². The van der Waals surface area contributed by atoms with Crippen LogP contribution < -0.4 is 0 Å². The smallest absolute Gasteiger partial charge is 0.138 e. The van der Waals surface area contributed by atoms with Gasteiger partial charge >= 0.3 is 0 Å². The van der Waals surface area contributed by atoms with Crippen LogP contribution in [-0.2, 0) is 9.53 Å². The molecule has 1 aliphatic rings. The van der Waals surface area contributed by atoms with Gasteiger partial charge in [-0.1, -0.05) is 91.9 Å². The maximum Gasteiger partial charge on any atom is 0.138 e. The van der Waals surface area contributed by atoms with Gasteiger partial charge in [0, 0.05) is 11.8 Å². The summed E-state index contributed by atoms with van der Waals surface area (Å²) in [4.78, 5) is 11.8. The van der Waals surface area contributed by atoms with Crippen molar-refractivity contribution in [3.8, 4) is 0 Å². The molecule has 0 saturated carbocycles. The lowest BCUT2D eigenvalue weighted by atomic mass is 9.88. The Morgan fingerprint density at radius 1 is 0.750 bits per heavy atom. The lowest BCUT2D eigenvalue weighted by molar-refractivity contribution is -0.126. The van der Waals surface area contributed by atoms with Gasteiger partial charge in [0.15, 0.2) is 0 Å². The molecule has 1 aliphatic heterocycles. The lowest BCUT2D eigenvalue weighted by Crippen LogP contribution is -2.19. The van der Waals surface area contributed by atoms with E-state index >= 15 is 0 Å². The molecule has 0 N–H and O–H groups in total. The first-order chi connectivity index (χ1) is 11.4. The van der Waals surface area contributed by atoms with Crippen molar-refractivity contribution in [3.63, 3.8) is 0 Å². The molecule has 2 heteroatoms. The number of epoxide rings is 1. The molecule has 1 heterocycles. The maximum absolute atomic E-state index is 11.8. The minimum Gasteiger partial charge on any atom is -0.370 e. The summed E-state index contributed by atoms with van der Waals surface area (Å²) in [5, 5.41) is 0. The van der Waals surface area contributed by atoms with Gasteiger partial charge in [-0.05, 0) is 19.3 Å². The third-order valence-corrected chi connectivity index (χ3v) is 5.26. The molecule has 0 aliphatic carbocycles. The van der Waals surface area contributed by atoms with Crippen LogP contribution in [0.25, 0.3) is 0 Å². The molecule has 0 aromatic carbocycles. The number of unbranched alkanes of at least 4 members (excludes halogenated alkanes) is 9. The molecular formula is C22H42O2. The van der Waals surface area contributed by atoms with Crippen molar-refractivity contribution in [2.24, 2.45) is 5.41 Å². The largest absolute Gasteiger partial charge is 0.370 e. The zero-order valence-corrected chi connectivity index (χ0v) is 16.9. The second kappa shape index (κ2) is 12.1. The molecule has 2 unspecified atom stereocenters. The van der Waals surface area contributed by atoms with Gasteiger partial charge < -0.3 is 4.74 Å². The number of ketones is 1. The molecular weight excluding hydrogens is 296 g/mol. The number of ether oxygens (including phenoxy) is 1. The van der Waals surface area contributed by atoms with E-state index in [0.717, 1.165) is 12.8 Å². The standard InChI is InChI=1S/C22H42O2/c1-5-6-7-8-10-13-16-19-20(24-19)17-14-11-9-12-15-18-21(23)22(2,3)4/h19-20H,5-18H2,1-4H3. The molecule has 0 aromatic rings. The Bertz CT molecular complexity index is 329. The quantitative estimate of drug-likeness (QED) is 0.241. The summed E-state index contributed by atoms with van der Waals surface area (Å²) in [6, 6.07) is 0. The molecule has 2 nitrogen and oxygen atoms in total. The van der Waals surface area contributed by atoms with Crippen molar-refractivity contribution in [3.05, 3.63) is 0 Å². The van der Waals surface area contributed by atoms with E-state index in [1.807, 2.05) is 20.8 Å². The fraction of sp³-hybridized carbons (Fsp3) is 0.955. The van der Waals surface area contributed by atoms with E-state index in [4.69, 9.17) is 4.74 Å². The highest BCUT2D eigenvalue weighted by Gasteiger charge is 2.36.